The first-order valence-corrected chi connectivity index (χ1v) is 14.9. The van der Waals surface area contributed by atoms with Gasteiger partial charge in [0.2, 0.25) is 0 Å². The van der Waals surface area contributed by atoms with Crippen LogP contribution < -0.4 is 0 Å². The van der Waals surface area contributed by atoms with Crippen molar-refractivity contribution in [2.24, 2.45) is 0 Å². The molecule has 43 heavy (non-hydrogen) atoms. The Kier molecular flexibility index (Phi) is 4.51. The molecule has 0 spiro atoms. The van der Waals surface area contributed by atoms with E-state index in [1.165, 1.54) is 70.6 Å². The summed E-state index contributed by atoms with van der Waals surface area (Å²) < 4.78 is 7.02. The van der Waals surface area contributed by atoms with Crippen LogP contribution in [0.5, 0.6) is 0 Å². The second-order valence-electron chi connectivity index (χ2n) is 11.6. The second-order valence-corrected chi connectivity index (χ2v) is 11.6. The Hall–Kier alpha value is -5.66. The van der Waals surface area contributed by atoms with Crippen molar-refractivity contribution in [3.05, 3.63) is 146 Å². The molecule has 0 saturated carbocycles. The monoisotopic (exact) mass is 544 g/mol. The van der Waals surface area contributed by atoms with Crippen molar-refractivity contribution >= 4 is 75.8 Å². The fourth-order valence-corrected chi connectivity index (χ4v) is 7.47. The first-order valence-electron chi connectivity index (χ1n) is 14.9. The minimum Gasteiger partial charge on any atom is -0.455 e. The van der Waals surface area contributed by atoms with Gasteiger partial charge in [0.25, 0.3) is 0 Å². The first-order chi connectivity index (χ1) is 21.3. The van der Waals surface area contributed by atoms with Gasteiger partial charge in [-0.1, -0.05) is 133 Å². The Labute approximate surface area is 247 Å². The molecule has 0 unspecified atom stereocenters. The molecule has 0 aliphatic heterocycles. The Morgan fingerprint density at radius 2 is 0.791 bits per heavy atom. The molecule has 198 valence electrons. The van der Waals surface area contributed by atoms with Crippen LogP contribution in [0, 0.1) is 0 Å². The lowest BCUT2D eigenvalue weighted by molar-refractivity contribution is 0.674. The van der Waals surface area contributed by atoms with Crippen LogP contribution in [0.2, 0.25) is 0 Å². The Morgan fingerprint density at radius 1 is 0.256 bits per heavy atom. The van der Waals surface area contributed by atoms with Crippen molar-refractivity contribution in [3.8, 4) is 22.3 Å². The molecule has 10 aromatic rings. The van der Waals surface area contributed by atoms with Crippen LogP contribution in [0.15, 0.2) is 150 Å². The quantitative estimate of drug-likeness (QED) is 0.197. The summed E-state index contributed by atoms with van der Waals surface area (Å²) in [5, 5.41) is 14.9. The predicted octanol–water partition coefficient (Wildman–Crippen LogP) is 12.1. The van der Waals surface area contributed by atoms with Crippen LogP contribution in [-0.2, 0) is 0 Å². The second kappa shape index (κ2) is 8.44. The highest BCUT2D eigenvalue weighted by Gasteiger charge is 2.21. The minimum atomic E-state index is 0.937. The summed E-state index contributed by atoms with van der Waals surface area (Å²) in [7, 11) is 0. The topological polar surface area (TPSA) is 13.1 Å². The zero-order valence-electron chi connectivity index (χ0n) is 23.3. The molecule has 1 heterocycles. The number of furan rings is 1. The summed E-state index contributed by atoms with van der Waals surface area (Å²) in [6.07, 6.45) is 0. The predicted molar refractivity (Wildman–Crippen MR) is 183 cm³/mol. The Morgan fingerprint density at radius 3 is 1.65 bits per heavy atom. The average Bonchev–Trinajstić information content (AvgIpc) is 3.47. The van der Waals surface area contributed by atoms with Gasteiger partial charge in [0.1, 0.15) is 11.2 Å². The third-order valence-corrected chi connectivity index (χ3v) is 9.41. The highest BCUT2D eigenvalue weighted by atomic mass is 16.3. The lowest BCUT2D eigenvalue weighted by Crippen LogP contribution is -1.89. The third kappa shape index (κ3) is 3.11. The van der Waals surface area contributed by atoms with Gasteiger partial charge in [-0.15, -0.1) is 0 Å². The van der Waals surface area contributed by atoms with Gasteiger partial charge in [-0.3, -0.25) is 0 Å². The van der Waals surface area contributed by atoms with Gasteiger partial charge < -0.3 is 4.42 Å². The minimum absolute atomic E-state index is 0.937. The van der Waals surface area contributed by atoms with E-state index in [9.17, 15) is 0 Å². The molecule has 0 fully saturated rings. The van der Waals surface area contributed by atoms with Gasteiger partial charge in [-0.25, -0.2) is 0 Å². The molecule has 0 atom stereocenters. The van der Waals surface area contributed by atoms with Crippen LogP contribution in [0.1, 0.15) is 0 Å². The number of rotatable bonds is 2. The number of fused-ring (bicyclic) bond motifs is 6. The van der Waals surface area contributed by atoms with E-state index in [0.717, 1.165) is 27.5 Å². The largest absolute Gasteiger partial charge is 0.455 e. The summed E-state index contributed by atoms with van der Waals surface area (Å²) >= 11 is 0. The molecule has 0 saturated heterocycles. The number of hydrogen-bond acceptors (Lipinski definition) is 1. The zero-order valence-corrected chi connectivity index (χ0v) is 23.3. The van der Waals surface area contributed by atoms with Crippen molar-refractivity contribution in [1.29, 1.82) is 0 Å². The standard InChI is InChI=1S/C42H24O/c1-3-12-30-25(7-1)9-6-14-32(30)35-23-24-36(42-40(35)37-22-17-26-8-2-4-13-31(26)41(37)43-42)33-20-18-29-16-15-27-10-5-11-28-19-21-34(33)39(29)38(27)28/h1-24H. The molecular formula is C42H24O. The molecule has 0 aliphatic carbocycles. The molecule has 1 heteroatoms. The van der Waals surface area contributed by atoms with E-state index in [-0.39, 0.29) is 0 Å². The van der Waals surface area contributed by atoms with Gasteiger partial charge in [0.05, 0.1) is 0 Å². The van der Waals surface area contributed by atoms with Crippen LogP contribution in [0.25, 0.3) is 98.1 Å². The average molecular weight is 545 g/mol. The smallest absolute Gasteiger partial charge is 0.143 e. The van der Waals surface area contributed by atoms with Gasteiger partial charge in [0.15, 0.2) is 0 Å². The van der Waals surface area contributed by atoms with Crippen LogP contribution in [0.4, 0.5) is 0 Å². The van der Waals surface area contributed by atoms with Gasteiger partial charge in [0, 0.05) is 21.7 Å². The maximum Gasteiger partial charge on any atom is 0.143 e. The molecule has 1 aromatic heterocycles. The highest BCUT2D eigenvalue weighted by molar-refractivity contribution is 6.28. The lowest BCUT2D eigenvalue weighted by Gasteiger charge is -2.15. The molecule has 0 amide bonds. The van der Waals surface area contributed by atoms with Crippen LogP contribution in [-0.4, -0.2) is 0 Å². The lowest BCUT2D eigenvalue weighted by atomic mass is 9.88. The molecule has 0 bridgehead atoms. The Balaban J connectivity index is 1.37. The molecule has 1 nitrogen and oxygen atoms in total. The molecule has 0 radical (unpaired) electrons. The van der Waals surface area contributed by atoms with E-state index in [0.29, 0.717) is 0 Å². The van der Waals surface area contributed by atoms with Crippen molar-refractivity contribution in [1.82, 2.24) is 0 Å². The fourth-order valence-electron chi connectivity index (χ4n) is 7.47. The van der Waals surface area contributed by atoms with Gasteiger partial charge in [-0.2, -0.15) is 0 Å². The van der Waals surface area contributed by atoms with E-state index < -0.39 is 0 Å². The highest BCUT2D eigenvalue weighted by Crippen LogP contribution is 2.47. The van der Waals surface area contributed by atoms with Crippen molar-refractivity contribution in [2.75, 3.05) is 0 Å². The summed E-state index contributed by atoms with van der Waals surface area (Å²) in [6.45, 7) is 0. The van der Waals surface area contributed by atoms with Crippen molar-refractivity contribution < 1.29 is 4.42 Å². The van der Waals surface area contributed by atoms with E-state index in [1.54, 1.807) is 0 Å². The number of benzene rings is 9. The molecular weight excluding hydrogens is 520 g/mol. The fraction of sp³-hybridized carbons (Fsp3) is 0. The van der Waals surface area contributed by atoms with E-state index in [1.807, 2.05) is 0 Å². The summed E-state index contributed by atoms with van der Waals surface area (Å²) in [4.78, 5) is 0. The van der Waals surface area contributed by atoms with E-state index in [4.69, 9.17) is 4.42 Å². The van der Waals surface area contributed by atoms with Gasteiger partial charge >= 0.3 is 0 Å². The summed E-state index contributed by atoms with van der Waals surface area (Å²) in [5.41, 5.74) is 6.62. The Bertz CT molecular complexity index is 2700. The maximum atomic E-state index is 7.02. The SMILES string of the molecule is c1ccc2c(-c3ccc(-c4ccc5ccc6cccc7ccc4c5c67)c4oc5c6ccccc6ccc5c34)cccc2c1. The zero-order chi connectivity index (χ0) is 28.1. The van der Waals surface area contributed by atoms with Crippen LogP contribution >= 0.6 is 0 Å². The first kappa shape index (κ1) is 23.0. The summed E-state index contributed by atoms with van der Waals surface area (Å²) in [5.74, 6) is 0. The van der Waals surface area contributed by atoms with Crippen molar-refractivity contribution in [3.63, 3.8) is 0 Å². The van der Waals surface area contributed by atoms with Gasteiger partial charge in [-0.05, 0) is 77.3 Å². The van der Waals surface area contributed by atoms with E-state index in [2.05, 4.69) is 146 Å². The third-order valence-electron chi connectivity index (χ3n) is 9.41. The maximum absolute atomic E-state index is 7.02. The normalized spacial score (nSPS) is 12.2. The molecule has 9 aromatic carbocycles. The van der Waals surface area contributed by atoms with Crippen molar-refractivity contribution in [2.45, 2.75) is 0 Å². The molecule has 0 N–H and O–H groups in total. The molecule has 10 rings (SSSR count). The molecule has 0 aliphatic rings. The van der Waals surface area contributed by atoms with E-state index >= 15 is 0 Å². The summed E-state index contributed by atoms with van der Waals surface area (Å²) in [6, 6.07) is 53.0. The number of hydrogen-bond donors (Lipinski definition) is 0. The van der Waals surface area contributed by atoms with Crippen LogP contribution in [0.3, 0.4) is 0 Å².